The summed E-state index contributed by atoms with van der Waals surface area (Å²) in [4.78, 5) is 23.9. The molecule has 0 aliphatic heterocycles. The fourth-order valence-electron chi connectivity index (χ4n) is 13.2. The summed E-state index contributed by atoms with van der Waals surface area (Å²) < 4.78 is 10.9. The molecule has 0 aromatic rings. The van der Waals surface area contributed by atoms with Crippen LogP contribution in [0.2, 0.25) is 0 Å². The van der Waals surface area contributed by atoms with E-state index in [1.165, 1.54) is 449 Å². The summed E-state index contributed by atoms with van der Waals surface area (Å²) >= 11 is 0. The third kappa shape index (κ3) is 87.0. The molecule has 528 valence electrons. The molecule has 0 spiro atoms. The average Bonchev–Trinajstić information content (AvgIpc) is 3.53. The Morgan fingerprint density at radius 1 is 0.148 bits per heavy atom. The predicted molar refractivity (Wildman–Crippen MR) is 396 cm³/mol. The van der Waals surface area contributed by atoms with Crippen molar-refractivity contribution in [3.63, 3.8) is 0 Å². The normalized spacial score (nSPS) is 11.4. The quantitative estimate of drug-likeness (QED) is 0.0450. The van der Waals surface area contributed by atoms with Gasteiger partial charge in [-0.3, -0.25) is 9.59 Å². The number of unbranched alkanes of at least 4 members (excludes halogenated alkanes) is 70. The van der Waals surface area contributed by atoms with Crippen LogP contribution in [0.1, 0.15) is 516 Å². The molecule has 0 unspecified atom stereocenters. The maximum Gasteiger partial charge on any atom is 0.305 e. The van der Waals surface area contributed by atoms with E-state index in [0.717, 1.165) is 25.7 Å². The molecule has 0 aliphatic carbocycles. The maximum atomic E-state index is 12.0. The highest BCUT2D eigenvalue weighted by atomic mass is 16.5. The Balaban J connectivity index is 0. The Kier molecular flexibility index (Phi) is 86.9. The summed E-state index contributed by atoms with van der Waals surface area (Å²) in [7, 11) is 0. The topological polar surface area (TPSA) is 52.6 Å². The number of carbonyl (C=O) groups excluding carboxylic acids is 2. The van der Waals surface area contributed by atoms with E-state index in [2.05, 4.69) is 27.7 Å². The van der Waals surface area contributed by atoms with E-state index >= 15 is 0 Å². The van der Waals surface area contributed by atoms with Crippen LogP contribution in [0.4, 0.5) is 0 Å². The molecule has 4 heteroatoms. The summed E-state index contributed by atoms with van der Waals surface area (Å²) in [6.45, 7) is 10.4. The molecular formula is C84H168O4. The molecule has 0 rings (SSSR count). The fourth-order valence-corrected chi connectivity index (χ4v) is 13.2. The van der Waals surface area contributed by atoms with Gasteiger partial charge in [0.2, 0.25) is 0 Å². The zero-order valence-corrected chi connectivity index (χ0v) is 61.8. The zero-order valence-electron chi connectivity index (χ0n) is 61.8. The Morgan fingerprint density at radius 3 is 0.375 bits per heavy atom. The van der Waals surface area contributed by atoms with E-state index in [1.54, 1.807) is 0 Å². The van der Waals surface area contributed by atoms with Gasteiger partial charge in [-0.1, -0.05) is 477 Å². The van der Waals surface area contributed by atoms with E-state index in [9.17, 15) is 9.59 Å². The van der Waals surface area contributed by atoms with Gasteiger partial charge in [-0.05, 0) is 25.7 Å². The zero-order chi connectivity index (χ0) is 63.7. The number of carbonyl (C=O) groups is 2. The third-order valence-corrected chi connectivity index (χ3v) is 19.5. The third-order valence-electron chi connectivity index (χ3n) is 19.5. The van der Waals surface area contributed by atoms with Gasteiger partial charge in [-0.2, -0.15) is 0 Å². The van der Waals surface area contributed by atoms with E-state index in [4.69, 9.17) is 9.47 Å². The molecule has 0 aromatic heterocycles. The van der Waals surface area contributed by atoms with E-state index in [-0.39, 0.29) is 11.9 Å². The summed E-state index contributed by atoms with van der Waals surface area (Å²) in [6.07, 6.45) is 104. The van der Waals surface area contributed by atoms with Crippen molar-refractivity contribution in [1.29, 1.82) is 0 Å². The molecule has 0 saturated heterocycles. The second-order valence-electron chi connectivity index (χ2n) is 28.7. The molecule has 0 bridgehead atoms. The van der Waals surface area contributed by atoms with Crippen LogP contribution in [0.5, 0.6) is 0 Å². The molecule has 88 heavy (non-hydrogen) atoms. The maximum absolute atomic E-state index is 12.0. The van der Waals surface area contributed by atoms with Crippen molar-refractivity contribution in [1.82, 2.24) is 0 Å². The molecule has 0 radical (unpaired) electrons. The van der Waals surface area contributed by atoms with Gasteiger partial charge in [-0.15, -0.1) is 0 Å². The van der Waals surface area contributed by atoms with Crippen LogP contribution < -0.4 is 0 Å². The molecule has 0 saturated carbocycles. The first kappa shape index (κ1) is 89.0. The summed E-state index contributed by atoms with van der Waals surface area (Å²) in [5.74, 6) is 0.0608. The smallest absolute Gasteiger partial charge is 0.305 e. The van der Waals surface area contributed by atoms with Crippen LogP contribution in [0.25, 0.3) is 0 Å². The van der Waals surface area contributed by atoms with Crippen LogP contribution in [-0.4, -0.2) is 25.2 Å². The summed E-state index contributed by atoms with van der Waals surface area (Å²) in [6, 6.07) is 0. The lowest BCUT2D eigenvalue weighted by Crippen LogP contribution is -2.05. The molecule has 0 amide bonds. The minimum absolute atomic E-state index is 0.0290. The number of rotatable bonds is 78. The van der Waals surface area contributed by atoms with Crippen molar-refractivity contribution >= 4 is 11.9 Å². The molecule has 4 nitrogen and oxygen atoms in total. The number of ether oxygens (including phenoxy) is 2. The van der Waals surface area contributed by atoms with Crippen LogP contribution in [0.15, 0.2) is 0 Å². The van der Waals surface area contributed by atoms with E-state index in [0.29, 0.717) is 26.1 Å². The van der Waals surface area contributed by atoms with Gasteiger partial charge < -0.3 is 9.47 Å². The van der Waals surface area contributed by atoms with Crippen LogP contribution in [-0.2, 0) is 19.1 Å². The average molecular weight is 1240 g/mol. The van der Waals surface area contributed by atoms with Crippen molar-refractivity contribution in [2.45, 2.75) is 516 Å². The van der Waals surface area contributed by atoms with Gasteiger partial charge in [0.1, 0.15) is 0 Å². The molecule has 0 fully saturated rings. The fraction of sp³-hybridized carbons (Fsp3) is 0.976. The highest BCUT2D eigenvalue weighted by Crippen LogP contribution is 2.20. The first-order valence-electron chi connectivity index (χ1n) is 41.9. The minimum atomic E-state index is 0.0290. The van der Waals surface area contributed by atoms with Crippen molar-refractivity contribution < 1.29 is 19.1 Å². The lowest BCUT2D eigenvalue weighted by molar-refractivity contribution is -0.144. The van der Waals surface area contributed by atoms with Crippen molar-refractivity contribution in [2.24, 2.45) is 0 Å². The number of esters is 2. The van der Waals surface area contributed by atoms with Gasteiger partial charge in [0.25, 0.3) is 0 Å². The van der Waals surface area contributed by atoms with Gasteiger partial charge in [-0.25, -0.2) is 0 Å². The predicted octanol–water partition coefficient (Wildman–Crippen LogP) is 30.8. The molecule has 0 aliphatic rings. The highest BCUT2D eigenvalue weighted by Gasteiger charge is 2.06. The second kappa shape index (κ2) is 85.9. The van der Waals surface area contributed by atoms with Gasteiger partial charge >= 0.3 is 11.9 Å². The Labute approximate surface area is 557 Å². The molecule has 0 atom stereocenters. The highest BCUT2D eigenvalue weighted by molar-refractivity contribution is 5.69. The minimum Gasteiger partial charge on any atom is -0.466 e. The second-order valence-corrected chi connectivity index (χ2v) is 28.7. The Morgan fingerprint density at radius 2 is 0.250 bits per heavy atom. The largest absolute Gasteiger partial charge is 0.466 e. The van der Waals surface area contributed by atoms with Crippen LogP contribution >= 0.6 is 0 Å². The van der Waals surface area contributed by atoms with Gasteiger partial charge in [0.15, 0.2) is 0 Å². The van der Waals surface area contributed by atoms with E-state index in [1.807, 2.05) is 0 Å². The van der Waals surface area contributed by atoms with Crippen LogP contribution in [0.3, 0.4) is 0 Å². The lowest BCUT2D eigenvalue weighted by atomic mass is 10.0. The molecule has 0 heterocycles. The number of hydrogen-bond donors (Lipinski definition) is 0. The Bertz CT molecular complexity index is 1220. The summed E-state index contributed by atoms with van der Waals surface area (Å²) in [5.41, 5.74) is 0. The van der Waals surface area contributed by atoms with Gasteiger partial charge in [0.05, 0.1) is 13.2 Å². The van der Waals surface area contributed by atoms with Crippen molar-refractivity contribution in [2.75, 3.05) is 13.2 Å². The van der Waals surface area contributed by atoms with Crippen molar-refractivity contribution in [3.05, 3.63) is 0 Å². The standard InChI is InChI=1S/C46H92O2.C38H76O2/c1-3-5-7-9-11-13-15-17-19-20-21-22-23-24-25-26-27-28-29-30-31-32-34-36-38-40-42-44-46(47)48-45-43-41-39-37-35-33-18-16-14-12-10-8-6-4-2;1-3-5-7-9-11-13-15-17-18-19-20-21-22-23-24-26-28-30-32-34-36-38(39)40-37-35-33-31-29-27-25-16-14-12-10-8-6-4-2/h3-45H2,1-2H3;3-37H2,1-2H3. The SMILES string of the molecule is CCCCCCCCCCCCCCCCCCCCCCC(=O)OCCCCCCCCCCCCCCC.CCCCCCCCCCCCCCCCCCCCCCCCCCCCCC(=O)OCCCCCCCCCCCCCCCC. The van der Waals surface area contributed by atoms with Crippen molar-refractivity contribution in [3.8, 4) is 0 Å². The van der Waals surface area contributed by atoms with E-state index < -0.39 is 0 Å². The monoisotopic (exact) mass is 1240 g/mol. The molecule has 0 aromatic carbocycles. The summed E-state index contributed by atoms with van der Waals surface area (Å²) in [5, 5.41) is 0. The lowest BCUT2D eigenvalue weighted by Gasteiger charge is -2.06. The molecule has 0 N–H and O–H groups in total. The first-order chi connectivity index (χ1) is 43.6. The Hall–Kier alpha value is -1.06. The van der Waals surface area contributed by atoms with Gasteiger partial charge in [0, 0.05) is 12.8 Å². The molecular weight excluding hydrogens is 1070 g/mol. The first-order valence-corrected chi connectivity index (χ1v) is 41.9. The number of hydrogen-bond acceptors (Lipinski definition) is 4. The van der Waals surface area contributed by atoms with Crippen LogP contribution in [0, 0.1) is 0 Å².